The number of likely N-dealkylation sites (tertiary alicyclic amines) is 1. The largest absolute Gasteiger partial charge is 0.493 e. The summed E-state index contributed by atoms with van der Waals surface area (Å²) in [7, 11) is 0. The Morgan fingerprint density at radius 2 is 1.90 bits per heavy atom. The van der Waals surface area contributed by atoms with E-state index in [1.807, 2.05) is 35.2 Å². The van der Waals surface area contributed by atoms with Gasteiger partial charge in [-0.25, -0.2) is 4.39 Å². The molecule has 0 unspecified atom stereocenters. The highest BCUT2D eigenvalue weighted by molar-refractivity contribution is 6.00. The molecule has 1 aromatic heterocycles. The van der Waals surface area contributed by atoms with E-state index in [0.717, 1.165) is 42.0 Å². The molecule has 2 aromatic carbocycles. The Kier molecular flexibility index (Phi) is 5.28. The smallest absolute Gasteiger partial charge is 0.257 e. The van der Waals surface area contributed by atoms with Crippen LogP contribution in [0.5, 0.6) is 5.75 Å². The van der Waals surface area contributed by atoms with Crippen LogP contribution in [0.4, 0.5) is 15.8 Å². The number of pyridine rings is 1. The number of hydrogen-bond donors (Lipinski definition) is 1. The second-order valence-corrected chi connectivity index (χ2v) is 8.09. The predicted octanol–water partition coefficient (Wildman–Crippen LogP) is 4.92. The number of carbonyl (C=O) groups excluding carboxylic acids is 1. The van der Waals surface area contributed by atoms with Gasteiger partial charge in [-0.1, -0.05) is 12.1 Å². The van der Waals surface area contributed by atoms with Crippen LogP contribution in [0.2, 0.25) is 0 Å². The van der Waals surface area contributed by atoms with Crippen molar-refractivity contribution in [3.05, 3.63) is 83.4 Å². The van der Waals surface area contributed by atoms with Gasteiger partial charge in [-0.15, -0.1) is 0 Å². The van der Waals surface area contributed by atoms with Crippen molar-refractivity contribution in [3.8, 4) is 5.75 Å². The van der Waals surface area contributed by atoms with Gasteiger partial charge in [-0.2, -0.15) is 0 Å². The zero-order valence-corrected chi connectivity index (χ0v) is 17.2. The van der Waals surface area contributed by atoms with Gasteiger partial charge in [0.05, 0.1) is 17.9 Å². The second-order valence-electron chi connectivity index (χ2n) is 8.09. The van der Waals surface area contributed by atoms with Gasteiger partial charge in [-0.05, 0) is 66.3 Å². The Balaban J connectivity index is 1.28. The summed E-state index contributed by atoms with van der Waals surface area (Å²) in [5.41, 5.74) is 4.56. The highest BCUT2D eigenvalue weighted by atomic mass is 19.1. The molecule has 31 heavy (non-hydrogen) atoms. The number of carbonyl (C=O) groups is 1. The molecule has 0 saturated carbocycles. The first-order valence-corrected chi connectivity index (χ1v) is 10.7. The Bertz CT molecular complexity index is 1090. The van der Waals surface area contributed by atoms with Crippen molar-refractivity contribution in [2.24, 2.45) is 0 Å². The van der Waals surface area contributed by atoms with Gasteiger partial charge in [0, 0.05) is 37.6 Å². The summed E-state index contributed by atoms with van der Waals surface area (Å²) in [5, 5.41) is 3.38. The first-order valence-electron chi connectivity index (χ1n) is 10.7. The van der Waals surface area contributed by atoms with Crippen LogP contribution in [0.3, 0.4) is 0 Å². The molecule has 0 aliphatic carbocycles. The summed E-state index contributed by atoms with van der Waals surface area (Å²) in [6, 6.07) is 14.6. The monoisotopic (exact) mass is 417 g/mol. The summed E-state index contributed by atoms with van der Waals surface area (Å²) < 4.78 is 18.8. The average Bonchev–Trinajstić information content (AvgIpc) is 3.28. The summed E-state index contributed by atoms with van der Waals surface area (Å²) in [4.78, 5) is 19.3. The van der Waals surface area contributed by atoms with Crippen LogP contribution < -0.4 is 10.1 Å². The average molecular weight is 417 g/mol. The molecule has 6 heteroatoms. The fourth-order valence-corrected chi connectivity index (χ4v) is 4.41. The molecule has 0 atom stereocenters. The number of amides is 1. The van der Waals surface area contributed by atoms with Crippen LogP contribution in [-0.2, 0) is 6.42 Å². The van der Waals surface area contributed by atoms with Gasteiger partial charge in [0.25, 0.3) is 5.91 Å². The number of anilines is 2. The predicted molar refractivity (Wildman–Crippen MR) is 117 cm³/mol. The molecule has 1 fully saturated rings. The van der Waals surface area contributed by atoms with Crippen molar-refractivity contribution < 1.29 is 13.9 Å². The van der Waals surface area contributed by atoms with Crippen LogP contribution in [0.15, 0.2) is 60.9 Å². The summed E-state index contributed by atoms with van der Waals surface area (Å²) in [5.74, 6) is 1.05. The molecule has 3 heterocycles. The molecule has 0 spiro atoms. The summed E-state index contributed by atoms with van der Waals surface area (Å²) in [6.07, 6.45) is 5.95. The highest BCUT2D eigenvalue weighted by Crippen LogP contribution is 2.32. The number of aromatic nitrogens is 1. The molecule has 1 amide bonds. The van der Waals surface area contributed by atoms with Gasteiger partial charge in [0.15, 0.2) is 0 Å². The van der Waals surface area contributed by atoms with E-state index in [2.05, 4.69) is 16.4 Å². The standard InChI is InChI=1S/C25H24FN3O2/c26-20-3-1-17(2-4-20)18-8-12-29(13-9-18)25(30)22-16-27-11-7-23(22)28-21-5-6-24-19(15-21)10-14-31-24/h1-7,11,15-16,18H,8-10,12-14H2,(H,27,28). The molecule has 5 nitrogen and oxygen atoms in total. The van der Waals surface area contributed by atoms with E-state index < -0.39 is 0 Å². The zero-order valence-electron chi connectivity index (χ0n) is 17.2. The van der Waals surface area contributed by atoms with E-state index in [1.54, 1.807) is 12.4 Å². The molecular weight excluding hydrogens is 393 g/mol. The Morgan fingerprint density at radius 1 is 1.10 bits per heavy atom. The van der Waals surface area contributed by atoms with Crippen LogP contribution in [0.1, 0.15) is 40.2 Å². The molecule has 5 rings (SSSR count). The zero-order chi connectivity index (χ0) is 21.2. The van der Waals surface area contributed by atoms with E-state index in [0.29, 0.717) is 31.2 Å². The topological polar surface area (TPSA) is 54.5 Å². The van der Waals surface area contributed by atoms with E-state index >= 15 is 0 Å². The van der Waals surface area contributed by atoms with Crippen molar-refractivity contribution in [2.75, 3.05) is 25.0 Å². The van der Waals surface area contributed by atoms with Crippen molar-refractivity contribution in [3.63, 3.8) is 0 Å². The number of benzene rings is 2. The van der Waals surface area contributed by atoms with E-state index in [4.69, 9.17) is 4.74 Å². The molecular formula is C25H24FN3O2. The molecule has 0 radical (unpaired) electrons. The molecule has 1 saturated heterocycles. The molecule has 0 bridgehead atoms. The van der Waals surface area contributed by atoms with Gasteiger partial charge in [0.2, 0.25) is 0 Å². The molecule has 2 aliphatic heterocycles. The maximum atomic E-state index is 13.3. The van der Waals surface area contributed by atoms with Crippen molar-refractivity contribution in [1.82, 2.24) is 9.88 Å². The van der Waals surface area contributed by atoms with Crippen LogP contribution >= 0.6 is 0 Å². The molecule has 1 N–H and O–H groups in total. The number of ether oxygens (including phenoxy) is 1. The Morgan fingerprint density at radius 3 is 2.71 bits per heavy atom. The molecule has 2 aliphatic rings. The van der Waals surface area contributed by atoms with Crippen LogP contribution in [0.25, 0.3) is 0 Å². The van der Waals surface area contributed by atoms with Gasteiger partial charge < -0.3 is 15.0 Å². The van der Waals surface area contributed by atoms with Crippen LogP contribution in [0, 0.1) is 5.82 Å². The third-order valence-corrected chi connectivity index (χ3v) is 6.14. The number of halogens is 1. The van der Waals surface area contributed by atoms with E-state index in [9.17, 15) is 9.18 Å². The quantitative estimate of drug-likeness (QED) is 0.655. The lowest BCUT2D eigenvalue weighted by Crippen LogP contribution is -2.38. The lowest BCUT2D eigenvalue weighted by molar-refractivity contribution is 0.0713. The summed E-state index contributed by atoms with van der Waals surface area (Å²) in [6.45, 7) is 2.06. The van der Waals surface area contributed by atoms with Gasteiger partial charge >= 0.3 is 0 Å². The maximum Gasteiger partial charge on any atom is 0.257 e. The van der Waals surface area contributed by atoms with Crippen molar-refractivity contribution in [1.29, 1.82) is 0 Å². The number of piperidine rings is 1. The maximum absolute atomic E-state index is 13.3. The number of rotatable bonds is 4. The highest BCUT2D eigenvalue weighted by Gasteiger charge is 2.26. The van der Waals surface area contributed by atoms with Crippen molar-refractivity contribution in [2.45, 2.75) is 25.2 Å². The van der Waals surface area contributed by atoms with Gasteiger partial charge in [0.1, 0.15) is 11.6 Å². The fraction of sp³-hybridized carbons (Fsp3) is 0.280. The third-order valence-electron chi connectivity index (χ3n) is 6.14. The van der Waals surface area contributed by atoms with Crippen molar-refractivity contribution >= 4 is 17.3 Å². The Hall–Kier alpha value is -3.41. The van der Waals surface area contributed by atoms with Gasteiger partial charge in [-0.3, -0.25) is 9.78 Å². The first-order chi connectivity index (χ1) is 15.2. The molecule has 158 valence electrons. The minimum atomic E-state index is -0.219. The fourth-order valence-electron chi connectivity index (χ4n) is 4.41. The normalized spacial score (nSPS) is 16.0. The first kappa shape index (κ1) is 19.5. The number of hydrogen-bond acceptors (Lipinski definition) is 4. The molecule has 3 aromatic rings. The SMILES string of the molecule is O=C(c1cnccc1Nc1ccc2c(c1)CCO2)N1CCC(c2ccc(F)cc2)CC1. The number of nitrogens with zero attached hydrogens (tertiary/aromatic N) is 2. The lowest BCUT2D eigenvalue weighted by atomic mass is 9.89. The third kappa shape index (κ3) is 4.10. The van der Waals surface area contributed by atoms with E-state index in [-0.39, 0.29) is 11.7 Å². The van der Waals surface area contributed by atoms with Crippen LogP contribution in [-0.4, -0.2) is 35.5 Å². The Labute approximate surface area is 180 Å². The second kappa shape index (κ2) is 8.38. The number of nitrogens with one attached hydrogen (secondary N) is 1. The minimum Gasteiger partial charge on any atom is -0.493 e. The summed E-state index contributed by atoms with van der Waals surface area (Å²) >= 11 is 0. The lowest BCUT2D eigenvalue weighted by Gasteiger charge is -2.32. The number of fused-ring (bicyclic) bond motifs is 1. The minimum absolute atomic E-state index is 0.0161. The van der Waals surface area contributed by atoms with E-state index in [1.165, 1.54) is 17.7 Å².